The fourth-order valence-electron chi connectivity index (χ4n) is 1.51. The van der Waals surface area contributed by atoms with Crippen molar-refractivity contribution >= 4 is 17.4 Å². The molecule has 98 valence electrons. The van der Waals surface area contributed by atoms with E-state index in [1.807, 2.05) is 0 Å². The van der Waals surface area contributed by atoms with Gasteiger partial charge in [0.1, 0.15) is 11.5 Å². The molecule has 0 bridgehead atoms. The van der Waals surface area contributed by atoms with Gasteiger partial charge in [-0.3, -0.25) is 4.79 Å². The number of rotatable bonds is 3. The maximum Gasteiger partial charge on any atom is 0.274 e. The third kappa shape index (κ3) is 2.98. The Kier molecular flexibility index (Phi) is 3.61. The van der Waals surface area contributed by atoms with Crippen LogP contribution in [0.4, 0.5) is 15.9 Å². The van der Waals surface area contributed by atoms with Gasteiger partial charge in [-0.05, 0) is 24.3 Å². The summed E-state index contributed by atoms with van der Waals surface area (Å²) in [7, 11) is 1.35. The summed E-state index contributed by atoms with van der Waals surface area (Å²) in [4.78, 5) is 15.8. The molecule has 0 aliphatic rings. The molecule has 0 radical (unpaired) electrons. The summed E-state index contributed by atoms with van der Waals surface area (Å²) in [5.74, 6) is -0.619. The molecule has 1 amide bonds. The number of aromatic nitrogens is 1. The number of hydrogen-bond acceptors (Lipinski definition) is 4. The lowest BCUT2D eigenvalue weighted by atomic mass is 10.2. The molecule has 19 heavy (non-hydrogen) atoms. The molecule has 0 atom stereocenters. The number of halogens is 1. The summed E-state index contributed by atoms with van der Waals surface area (Å²) in [5, 5.41) is 2.58. The van der Waals surface area contributed by atoms with Crippen molar-refractivity contribution in [2.45, 2.75) is 0 Å². The van der Waals surface area contributed by atoms with E-state index in [0.717, 1.165) is 0 Å². The Hall–Kier alpha value is -2.63. The molecule has 2 rings (SSSR count). The molecule has 0 aliphatic carbocycles. The standard InChI is InChI=1S/C13H12FN3O2/c1-19-11-7-8(5-6-9(11)14)16-13(18)10-3-2-4-12(15)17-10/h2-7H,1H3,(H2,15,17)(H,16,18). The zero-order valence-corrected chi connectivity index (χ0v) is 10.2. The number of amides is 1. The van der Waals surface area contributed by atoms with Crippen LogP contribution in [-0.2, 0) is 0 Å². The highest BCUT2D eigenvalue weighted by Gasteiger charge is 2.10. The first-order valence-corrected chi connectivity index (χ1v) is 5.47. The summed E-state index contributed by atoms with van der Waals surface area (Å²) >= 11 is 0. The van der Waals surface area contributed by atoms with Crippen LogP contribution in [0, 0.1) is 5.82 Å². The van der Waals surface area contributed by atoms with E-state index in [2.05, 4.69) is 10.3 Å². The van der Waals surface area contributed by atoms with Crippen molar-refractivity contribution < 1.29 is 13.9 Å². The van der Waals surface area contributed by atoms with Crippen LogP contribution in [0.15, 0.2) is 36.4 Å². The number of hydrogen-bond donors (Lipinski definition) is 2. The van der Waals surface area contributed by atoms with Gasteiger partial charge in [0.25, 0.3) is 5.91 Å². The topological polar surface area (TPSA) is 77.2 Å². The molecule has 1 aromatic carbocycles. The lowest BCUT2D eigenvalue weighted by Crippen LogP contribution is -2.14. The number of methoxy groups -OCH3 is 1. The molecule has 0 saturated carbocycles. The molecule has 0 fully saturated rings. The van der Waals surface area contributed by atoms with Crippen molar-refractivity contribution in [2.24, 2.45) is 0 Å². The molecular formula is C13H12FN3O2. The lowest BCUT2D eigenvalue weighted by Gasteiger charge is -2.07. The van der Waals surface area contributed by atoms with Crippen LogP contribution in [0.25, 0.3) is 0 Å². The predicted molar refractivity (Wildman–Crippen MR) is 69.6 cm³/mol. The molecule has 2 aromatic rings. The Morgan fingerprint density at radius 3 is 2.84 bits per heavy atom. The number of benzene rings is 1. The number of anilines is 2. The zero-order chi connectivity index (χ0) is 13.8. The van der Waals surface area contributed by atoms with Crippen LogP contribution < -0.4 is 15.8 Å². The highest BCUT2D eigenvalue weighted by atomic mass is 19.1. The van der Waals surface area contributed by atoms with E-state index >= 15 is 0 Å². The van der Waals surface area contributed by atoms with Gasteiger partial charge in [0.05, 0.1) is 7.11 Å². The van der Waals surface area contributed by atoms with Crippen molar-refractivity contribution in [1.82, 2.24) is 4.98 Å². The maximum atomic E-state index is 13.2. The molecule has 5 nitrogen and oxygen atoms in total. The van der Waals surface area contributed by atoms with E-state index < -0.39 is 11.7 Å². The van der Waals surface area contributed by atoms with Gasteiger partial charge < -0.3 is 15.8 Å². The second kappa shape index (κ2) is 5.34. The van der Waals surface area contributed by atoms with Gasteiger partial charge in [-0.2, -0.15) is 0 Å². The number of nitrogens with zero attached hydrogens (tertiary/aromatic N) is 1. The monoisotopic (exact) mass is 261 g/mol. The number of pyridine rings is 1. The largest absolute Gasteiger partial charge is 0.494 e. The van der Waals surface area contributed by atoms with Crippen molar-refractivity contribution in [3.05, 3.63) is 47.9 Å². The third-order valence-corrected chi connectivity index (χ3v) is 2.41. The minimum absolute atomic E-state index is 0.0540. The minimum Gasteiger partial charge on any atom is -0.494 e. The Balaban J connectivity index is 2.19. The number of carbonyl (C=O) groups excluding carboxylic acids is 1. The highest BCUT2D eigenvalue weighted by Crippen LogP contribution is 2.21. The minimum atomic E-state index is -0.498. The van der Waals surface area contributed by atoms with Crippen molar-refractivity contribution in [3.63, 3.8) is 0 Å². The van der Waals surface area contributed by atoms with Crippen molar-refractivity contribution in [1.29, 1.82) is 0 Å². The summed E-state index contributed by atoms with van der Waals surface area (Å²) in [6.45, 7) is 0. The molecule has 6 heteroatoms. The average molecular weight is 261 g/mol. The molecule has 0 saturated heterocycles. The van der Waals surface area contributed by atoms with E-state index in [9.17, 15) is 9.18 Å². The molecule has 1 heterocycles. The average Bonchev–Trinajstić information content (AvgIpc) is 2.41. The van der Waals surface area contributed by atoms with Gasteiger partial charge in [-0.15, -0.1) is 0 Å². The SMILES string of the molecule is COc1cc(NC(=O)c2cccc(N)n2)ccc1F. The summed E-state index contributed by atoms with van der Waals surface area (Å²) in [6, 6.07) is 8.77. The Labute approximate surface area is 109 Å². The van der Waals surface area contributed by atoms with Crippen LogP contribution in [0.2, 0.25) is 0 Å². The first-order chi connectivity index (χ1) is 9.10. The molecule has 0 unspecified atom stereocenters. The first-order valence-electron chi connectivity index (χ1n) is 5.47. The number of nitrogens with one attached hydrogen (secondary N) is 1. The number of nitrogens with two attached hydrogens (primary N) is 1. The fourth-order valence-corrected chi connectivity index (χ4v) is 1.51. The van der Waals surface area contributed by atoms with Crippen molar-refractivity contribution in [3.8, 4) is 5.75 Å². The van der Waals surface area contributed by atoms with Crippen LogP contribution in [0.1, 0.15) is 10.5 Å². The Morgan fingerprint density at radius 2 is 2.16 bits per heavy atom. The van der Waals surface area contributed by atoms with Crippen molar-refractivity contribution in [2.75, 3.05) is 18.2 Å². The van der Waals surface area contributed by atoms with E-state index in [1.54, 1.807) is 12.1 Å². The quantitative estimate of drug-likeness (QED) is 0.886. The van der Waals surface area contributed by atoms with E-state index in [1.165, 1.54) is 31.4 Å². The van der Waals surface area contributed by atoms with Crippen LogP contribution in [0.3, 0.4) is 0 Å². The van der Waals surface area contributed by atoms with E-state index in [0.29, 0.717) is 5.69 Å². The maximum absolute atomic E-state index is 13.2. The second-order valence-corrected chi connectivity index (χ2v) is 3.75. The molecule has 0 aliphatic heterocycles. The summed E-state index contributed by atoms with van der Waals surface area (Å²) in [6.07, 6.45) is 0. The predicted octanol–water partition coefficient (Wildman–Crippen LogP) is 2.06. The van der Waals surface area contributed by atoms with Gasteiger partial charge in [-0.25, -0.2) is 9.37 Å². The third-order valence-electron chi connectivity index (χ3n) is 2.41. The van der Waals surface area contributed by atoms with Crippen LogP contribution >= 0.6 is 0 Å². The van der Waals surface area contributed by atoms with Gasteiger partial charge >= 0.3 is 0 Å². The number of nitrogen functional groups attached to an aromatic ring is 1. The lowest BCUT2D eigenvalue weighted by molar-refractivity contribution is 0.102. The fraction of sp³-hybridized carbons (Fsp3) is 0.0769. The molecular weight excluding hydrogens is 249 g/mol. The van der Waals surface area contributed by atoms with Crippen LogP contribution in [0.5, 0.6) is 5.75 Å². The van der Waals surface area contributed by atoms with Gasteiger partial charge in [0, 0.05) is 11.8 Å². The summed E-state index contributed by atoms with van der Waals surface area (Å²) < 4.78 is 18.0. The first kappa shape index (κ1) is 12.8. The van der Waals surface area contributed by atoms with Gasteiger partial charge in [0.15, 0.2) is 11.6 Å². The second-order valence-electron chi connectivity index (χ2n) is 3.75. The van der Waals surface area contributed by atoms with Gasteiger partial charge in [0.2, 0.25) is 0 Å². The number of carbonyl (C=O) groups is 1. The smallest absolute Gasteiger partial charge is 0.274 e. The zero-order valence-electron chi connectivity index (χ0n) is 10.2. The molecule has 3 N–H and O–H groups in total. The van der Waals surface area contributed by atoms with E-state index in [-0.39, 0.29) is 17.3 Å². The van der Waals surface area contributed by atoms with Gasteiger partial charge in [-0.1, -0.05) is 6.07 Å². The Bertz CT molecular complexity index is 617. The van der Waals surface area contributed by atoms with E-state index in [4.69, 9.17) is 10.5 Å². The Morgan fingerprint density at radius 1 is 1.37 bits per heavy atom. The molecule has 0 spiro atoms. The normalized spacial score (nSPS) is 10.0. The van der Waals surface area contributed by atoms with Crippen LogP contribution in [-0.4, -0.2) is 18.0 Å². The summed E-state index contributed by atoms with van der Waals surface area (Å²) in [5.41, 5.74) is 6.09. The number of ether oxygens (including phenoxy) is 1. The molecule has 1 aromatic heterocycles. The highest BCUT2D eigenvalue weighted by molar-refractivity contribution is 6.03.